The molecule has 0 saturated heterocycles. The van der Waals surface area contributed by atoms with E-state index < -0.39 is 5.97 Å². The SMILES string of the molecule is CC(C)(C)c1nccc(C(=O)O)c1OC1CC1. The number of hydrogen-bond donors (Lipinski definition) is 1. The van der Waals surface area contributed by atoms with Crippen LogP contribution < -0.4 is 4.74 Å². The van der Waals surface area contributed by atoms with E-state index in [1.54, 1.807) is 0 Å². The minimum Gasteiger partial charge on any atom is -0.488 e. The molecule has 1 aliphatic rings. The molecule has 1 saturated carbocycles. The summed E-state index contributed by atoms with van der Waals surface area (Å²) in [4.78, 5) is 15.5. The van der Waals surface area contributed by atoms with Gasteiger partial charge in [0.25, 0.3) is 0 Å². The number of rotatable bonds is 3. The topological polar surface area (TPSA) is 59.4 Å². The Kier molecular flexibility index (Phi) is 2.81. The molecule has 4 heteroatoms. The number of hydrogen-bond acceptors (Lipinski definition) is 3. The van der Waals surface area contributed by atoms with Crippen LogP contribution in [0.1, 0.15) is 49.7 Å². The molecule has 0 atom stereocenters. The zero-order valence-corrected chi connectivity index (χ0v) is 10.4. The Morgan fingerprint density at radius 1 is 1.47 bits per heavy atom. The van der Waals surface area contributed by atoms with E-state index in [2.05, 4.69) is 4.98 Å². The summed E-state index contributed by atoms with van der Waals surface area (Å²) in [5.74, 6) is -0.524. The lowest BCUT2D eigenvalue weighted by atomic mass is 9.90. The van der Waals surface area contributed by atoms with Crippen LogP contribution in [0, 0.1) is 0 Å². The second-order valence-corrected chi connectivity index (χ2v) is 5.41. The molecule has 1 N–H and O–H groups in total. The number of carbonyl (C=O) groups is 1. The number of carboxylic acid groups (broad SMARTS) is 1. The largest absolute Gasteiger partial charge is 0.488 e. The van der Waals surface area contributed by atoms with Crippen molar-refractivity contribution in [2.45, 2.75) is 45.1 Å². The van der Waals surface area contributed by atoms with E-state index in [0.29, 0.717) is 11.4 Å². The van der Waals surface area contributed by atoms with Crippen molar-refractivity contribution in [1.29, 1.82) is 0 Å². The molecular weight excluding hydrogens is 218 g/mol. The quantitative estimate of drug-likeness (QED) is 0.874. The maximum atomic E-state index is 11.2. The van der Waals surface area contributed by atoms with Gasteiger partial charge in [-0.2, -0.15) is 0 Å². The first-order chi connectivity index (χ1) is 7.89. The van der Waals surface area contributed by atoms with Crippen LogP contribution in [0.25, 0.3) is 0 Å². The van der Waals surface area contributed by atoms with Gasteiger partial charge >= 0.3 is 5.97 Å². The number of aromatic nitrogens is 1. The van der Waals surface area contributed by atoms with Gasteiger partial charge in [-0.25, -0.2) is 4.79 Å². The summed E-state index contributed by atoms with van der Waals surface area (Å²) in [7, 11) is 0. The first-order valence-electron chi connectivity index (χ1n) is 5.79. The maximum absolute atomic E-state index is 11.2. The summed E-state index contributed by atoms with van der Waals surface area (Å²) >= 11 is 0. The highest BCUT2D eigenvalue weighted by Gasteiger charge is 2.31. The minimum absolute atomic E-state index is 0.165. The zero-order chi connectivity index (χ0) is 12.6. The van der Waals surface area contributed by atoms with E-state index in [9.17, 15) is 9.90 Å². The van der Waals surface area contributed by atoms with E-state index in [0.717, 1.165) is 12.8 Å². The normalized spacial score (nSPS) is 15.7. The number of nitrogens with zero attached hydrogens (tertiary/aromatic N) is 1. The van der Waals surface area contributed by atoms with Crippen LogP contribution in [0.5, 0.6) is 5.75 Å². The molecule has 92 valence electrons. The van der Waals surface area contributed by atoms with Crippen molar-refractivity contribution < 1.29 is 14.6 Å². The molecule has 0 unspecified atom stereocenters. The van der Waals surface area contributed by atoms with Gasteiger partial charge in [-0.05, 0) is 18.9 Å². The smallest absolute Gasteiger partial charge is 0.339 e. The van der Waals surface area contributed by atoms with Crippen LogP contribution in [0.3, 0.4) is 0 Å². The number of aromatic carboxylic acids is 1. The van der Waals surface area contributed by atoms with Crippen LogP contribution in [0.2, 0.25) is 0 Å². The van der Waals surface area contributed by atoms with Gasteiger partial charge in [-0.3, -0.25) is 4.98 Å². The average molecular weight is 235 g/mol. The molecule has 0 amide bonds. The molecule has 1 aromatic rings. The van der Waals surface area contributed by atoms with E-state index >= 15 is 0 Å². The van der Waals surface area contributed by atoms with Crippen molar-refractivity contribution >= 4 is 5.97 Å². The van der Waals surface area contributed by atoms with Crippen molar-refractivity contribution in [3.63, 3.8) is 0 Å². The Balaban J connectivity index is 2.49. The summed E-state index contributed by atoms with van der Waals surface area (Å²) in [5.41, 5.74) is 0.691. The molecule has 2 rings (SSSR count). The number of ether oxygens (including phenoxy) is 1. The van der Waals surface area contributed by atoms with Crippen LogP contribution in [-0.4, -0.2) is 22.2 Å². The van der Waals surface area contributed by atoms with Gasteiger partial charge < -0.3 is 9.84 Å². The highest BCUT2D eigenvalue weighted by Crippen LogP contribution is 2.36. The molecule has 17 heavy (non-hydrogen) atoms. The predicted octanol–water partition coefficient (Wildman–Crippen LogP) is 2.62. The molecule has 0 aliphatic heterocycles. The fourth-order valence-corrected chi connectivity index (χ4v) is 1.62. The van der Waals surface area contributed by atoms with Gasteiger partial charge in [0.1, 0.15) is 5.56 Å². The minimum atomic E-state index is -0.964. The van der Waals surface area contributed by atoms with Gasteiger partial charge in [-0.15, -0.1) is 0 Å². The molecule has 1 fully saturated rings. The standard InChI is InChI=1S/C13H17NO3/c1-13(2,3)11-10(17-8-4-5-8)9(12(15)16)6-7-14-11/h6-8H,4-5H2,1-3H3,(H,15,16). The Hall–Kier alpha value is -1.58. The highest BCUT2D eigenvalue weighted by molar-refractivity contribution is 5.91. The van der Waals surface area contributed by atoms with E-state index in [1.807, 2.05) is 20.8 Å². The third-order valence-corrected chi connectivity index (χ3v) is 2.65. The van der Waals surface area contributed by atoms with Crippen molar-refractivity contribution in [3.05, 3.63) is 23.5 Å². The van der Waals surface area contributed by atoms with Gasteiger partial charge in [0.2, 0.25) is 0 Å². The fourth-order valence-electron chi connectivity index (χ4n) is 1.62. The van der Waals surface area contributed by atoms with Crippen LogP contribution in [0.15, 0.2) is 12.3 Å². The second-order valence-electron chi connectivity index (χ2n) is 5.41. The van der Waals surface area contributed by atoms with Gasteiger partial charge in [0, 0.05) is 11.6 Å². The van der Waals surface area contributed by atoms with Gasteiger partial charge in [-0.1, -0.05) is 20.8 Å². The number of carboxylic acids is 1. The zero-order valence-electron chi connectivity index (χ0n) is 10.4. The summed E-state index contributed by atoms with van der Waals surface area (Å²) in [6.07, 6.45) is 3.69. The molecule has 0 spiro atoms. The lowest BCUT2D eigenvalue weighted by Gasteiger charge is -2.22. The Bertz CT molecular complexity index is 444. The van der Waals surface area contributed by atoms with Crippen molar-refractivity contribution in [3.8, 4) is 5.75 Å². The van der Waals surface area contributed by atoms with Crippen LogP contribution in [-0.2, 0) is 5.41 Å². The lowest BCUT2D eigenvalue weighted by molar-refractivity contribution is 0.0691. The molecule has 1 aromatic heterocycles. The molecule has 0 bridgehead atoms. The van der Waals surface area contributed by atoms with E-state index in [4.69, 9.17) is 4.74 Å². The Labute approximate surface area is 101 Å². The van der Waals surface area contributed by atoms with Crippen molar-refractivity contribution in [1.82, 2.24) is 4.98 Å². The summed E-state index contributed by atoms with van der Waals surface area (Å²) < 4.78 is 5.73. The predicted molar refractivity (Wildman–Crippen MR) is 63.5 cm³/mol. The summed E-state index contributed by atoms with van der Waals surface area (Å²) in [6, 6.07) is 1.50. The van der Waals surface area contributed by atoms with Crippen molar-refractivity contribution in [2.75, 3.05) is 0 Å². The second kappa shape index (κ2) is 4.02. The third kappa shape index (κ3) is 2.57. The van der Waals surface area contributed by atoms with Gasteiger partial charge in [0.15, 0.2) is 5.75 Å². The third-order valence-electron chi connectivity index (χ3n) is 2.65. The molecule has 1 heterocycles. The van der Waals surface area contributed by atoms with Crippen molar-refractivity contribution in [2.24, 2.45) is 0 Å². The highest BCUT2D eigenvalue weighted by atomic mass is 16.5. The van der Waals surface area contributed by atoms with Gasteiger partial charge in [0.05, 0.1) is 11.8 Å². The maximum Gasteiger partial charge on any atom is 0.339 e. The lowest BCUT2D eigenvalue weighted by Crippen LogP contribution is -2.18. The molecule has 0 radical (unpaired) electrons. The van der Waals surface area contributed by atoms with E-state index in [-0.39, 0.29) is 17.1 Å². The number of pyridine rings is 1. The van der Waals surface area contributed by atoms with Crippen LogP contribution >= 0.6 is 0 Å². The first kappa shape index (κ1) is 11.9. The van der Waals surface area contributed by atoms with E-state index in [1.165, 1.54) is 12.3 Å². The average Bonchev–Trinajstić information content (AvgIpc) is 3.00. The fraction of sp³-hybridized carbons (Fsp3) is 0.538. The summed E-state index contributed by atoms with van der Waals surface area (Å²) in [6.45, 7) is 6.00. The Morgan fingerprint density at radius 3 is 2.59 bits per heavy atom. The monoisotopic (exact) mass is 235 g/mol. The Morgan fingerprint density at radius 2 is 2.12 bits per heavy atom. The molecular formula is C13H17NO3. The summed E-state index contributed by atoms with van der Waals surface area (Å²) in [5, 5.41) is 9.18. The molecule has 0 aromatic carbocycles. The van der Waals surface area contributed by atoms with Crippen LogP contribution in [0.4, 0.5) is 0 Å². The molecule has 1 aliphatic carbocycles. The molecule has 4 nitrogen and oxygen atoms in total. The first-order valence-corrected chi connectivity index (χ1v) is 5.79.